The second-order valence-electron chi connectivity index (χ2n) is 8.59. The molecule has 1 saturated heterocycles. The van der Waals surface area contributed by atoms with Gasteiger partial charge in [0, 0.05) is 37.7 Å². The standard InChI is InChI=1S/C22H25N5O4/c1-13(28)24-14-6-8-15(9-7-14)25-19(29)20(30)27-12-22(10-16(27)11-23)17-4-2-3-5-18(17)26-21(22)31/h2-5,14-16H,6-10,12H2,1H3,(H,24,28)(H,25,29)(H,26,31)/t14-,15+,16-,22-/m0/s1. The van der Waals surface area contributed by atoms with E-state index in [2.05, 4.69) is 22.0 Å². The molecule has 2 fully saturated rings. The van der Waals surface area contributed by atoms with Crippen LogP contribution in [0.1, 0.15) is 44.6 Å². The zero-order valence-corrected chi connectivity index (χ0v) is 17.3. The molecule has 2 heterocycles. The zero-order valence-electron chi connectivity index (χ0n) is 17.3. The molecule has 9 nitrogen and oxygen atoms in total. The van der Waals surface area contributed by atoms with Gasteiger partial charge < -0.3 is 20.9 Å². The SMILES string of the molecule is CC(=O)N[C@H]1CC[C@@H](NC(=O)C(=O)N2C[C@]3(C[C@H]2C#N)C(=O)Nc2ccccc23)CC1. The first-order valence-electron chi connectivity index (χ1n) is 10.5. The summed E-state index contributed by atoms with van der Waals surface area (Å²) in [7, 11) is 0. The Kier molecular flexibility index (Phi) is 5.39. The fourth-order valence-electron chi connectivity index (χ4n) is 5.01. The average Bonchev–Trinajstić information content (AvgIpc) is 3.27. The van der Waals surface area contributed by atoms with Crippen LogP contribution in [0.5, 0.6) is 0 Å². The summed E-state index contributed by atoms with van der Waals surface area (Å²) in [6, 6.07) is 8.40. The number of likely N-dealkylation sites (tertiary alicyclic amines) is 1. The summed E-state index contributed by atoms with van der Waals surface area (Å²) in [6.07, 6.45) is 2.93. The first-order chi connectivity index (χ1) is 14.8. The Morgan fingerprint density at radius 1 is 1.13 bits per heavy atom. The highest BCUT2D eigenvalue weighted by molar-refractivity contribution is 6.35. The van der Waals surface area contributed by atoms with Crippen molar-refractivity contribution in [3.05, 3.63) is 29.8 Å². The third-order valence-corrected chi connectivity index (χ3v) is 6.56. The van der Waals surface area contributed by atoms with E-state index in [1.165, 1.54) is 11.8 Å². The number of anilines is 1. The maximum Gasteiger partial charge on any atom is 0.313 e. The van der Waals surface area contributed by atoms with Gasteiger partial charge in [-0.05, 0) is 37.3 Å². The highest BCUT2D eigenvalue weighted by atomic mass is 16.2. The largest absolute Gasteiger partial charge is 0.354 e. The van der Waals surface area contributed by atoms with Crippen molar-refractivity contribution in [1.29, 1.82) is 5.26 Å². The molecule has 2 aliphatic heterocycles. The summed E-state index contributed by atoms with van der Waals surface area (Å²) in [5.41, 5.74) is 0.426. The highest BCUT2D eigenvalue weighted by Crippen LogP contribution is 2.46. The average molecular weight is 423 g/mol. The van der Waals surface area contributed by atoms with Gasteiger partial charge in [0.1, 0.15) is 6.04 Å². The van der Waals surface area contributed by atoms with Crippen LogP contribution >= 0.6 is 0 Å². The predicted molar refractivity (Wildman–Crippen MR) is 110 cm³/mol. The molecule has 1 aliphatic carbocycles. The normalized spacial score (nSPS) is 29.1. The molecule has 2 atom stereocenters. The number of rotatable bonds is 2. The van der Waals surface area contributed by atoms with Crippen LogP contribution in [0.15, 0.2) is 24.3 Å². The molecule has 1 spiro atoms. The summed E-state index contributed by atoms with van der Waals surface area (Å²) < 4.78 is 0. The molecular formula is C22H25N5O4. The van der Waals surface area contributed by atoms with Crippen LogP contribution in [0.2, 0.25) is 0 Å². The van der Waals surface area contributed by atoms with Crippen molar-refractivity contribution < 1.29 is 19.2 Å². The number of fused-ring (bicyclic) bond motifs is 2. The molecular weight excluding hydrogens is 398 g/mol. The van der Waals surface area contributed by atoms with Gasteiger partial charge in [-0.2, -0.15) is 5.26 Å². The molecule has 3 N–H and O–H groups in total. The van der Waals surface area contributed by atoms with E-state index in [4.69, 9.17) is 0 Å². The van der Waals surface area contributed by atoms with E-state index >= 15 is 0 Å². The lowest BCUT2D eigenvalue weighted by atomic mass is 9.80. The van der Waals surface area contributed by atoms with Gasteiger partial charge >= 0.3 is 11.8 Å². The number of carbonyl (C=O) groups is 4. The molecule has 4 amide bonds. The Morgan fingerprint density at radius 2 is 1.77 bits per heavy atom. The Labute approximate surface area is 180 Å². The van der Waals surface area contributed by atoms with Crippen LogP contribution in [-0.2, 0) is 24.6 Å². The number of hydrogen-bond donors (Lipinski definition) is 3. The number of nitrogens with one attached hydrogen (secondary N) is 3. The molecule has 1 aromatic rings. The molecule has 3 aliphatic rings. The fourth-order valence-corrected chi connectivity index (χ4v) is 5.01. The van der Waals surface area contributed by atoms with Crippen LogP contribution in [0.25, 0.3) is 0 Å². The molecule has 0 unspecified atom stereocenters. The van der Waals surface area contributed by atoms with Crippen molar-refractivity contribution in [3.63, 3.8) is 0 Å². The minimum absolute atomic E-state index is 0.00437. The quantitative estimate of drug-likeness (QED) is 0.599. The second-order valence-corrected chi connectivity index (χ2v) is 8.59. The summed E-state index contributed by atoms with van der Waals surface area (Å²) in [5.74, 6) is -1.87. The topological polar surface area (TPSA) is 131 Å². The van der Waals surface area contributed by atoms with Gasteiger partial charge in [-0.25, -0.2) is 0 Å². The third-order valence-electron chi connectivity index (χ3n) is 6.56. The van der Waals surface area contributed by atoms with E-state index in [0.717, 1.165) is 18.4 Å². The van der Waals surface area contributed by atoms with Gasteiger partial charge in [0.15, 0.2) is 0 Å². The van der Waals surface area contributed by atoms with Crippen molar-refractivity contribution >= 4 is 29.3 Å². The zero-order chi connectivity index (χ0) is 22.2. The maximum absolute atomic E-state index is 12.9. The number of amides is 4. The highest BCUT2D eigenvalue weighted by Gasteiger charge is 2.56. The van der Waals surface area contributed by atoms with Gasteiger partial charge in [-0.3, -0.25) is 19.2 Å². The van der Waals surface area contributed by atoms with Crippen molar-refractivity contribution in [2.75, 3.05) is 11.9 Å². The molecule has 0 bridgehead atoms. The van der Waals surface area contributed by atoms with Gasteiger partial charge in [0.2, 0.25) is 11.8 Å². The first-order valence-corrected chi connectivity index (χ1v) is 10.5. The molecule has 0 radical (unpaired) electrons. The summed E-state index contributed by atoms with van der Waals surface area (Å²) in [4.78, 5) is 50.8. The third kappa shape index (κ3) is 3.74. The van der Waals surface area contributed by atoms with Crippen LogP contribution in [0, 0.1) is 11.3 Å². The van der Waals surface area contributed by atoms with E-state index in [1.807, 2.05) is 18.2 Å². The van der Waals surface area contributed by atoms with E-state index in [1.54, 1.807) is 6.07 Å². The predicted octanol–water partition coefficient (Wildman–Crippen LogP) is 0.564. The summed E-state index contributed by atoms with van der Waals surface area (Å²) in [6.45, 7) is 1.47. The molecule has 0 aromatic heterocycles. The Morgan fingerprint density at radius 3 is 2.42 bits per heavy atom. The van der Waals surface area contributed by atoms with E-state index in [9.17, 15) is 24.4 Å². The summed E-state index contributed by atoms with van der Waals surface area (Å²) in [5, 5.41) is 18.1. The smallest absolute Gasteiger partial charge is 0.313 e. The Bertz CT molecular complexity index is 978. The monoisotopic (exact) mass is 423 g/mol. The molecule has 9 heteroatoms. The Hall–Kier alpha value is -3.41. The first kappa shape index (κ1) is 20.8. The number of nitrogens with zero attached hydrogens (tertiary/aromatic N) is 2. The van der Waals surface area contributed by atoms with Crippen molar-refractivity contribution in [2.45, 2.75) is 62.6 Å². The van der Waals surface area contributed by atoms with Gasteiger partial charge in [0.05, 0.1) is 11.5 Å². The molecule has 31 heavy (non-hydrogen) atoms. The van der Waals surface area contributed by atoms with Gasteiger partial charge in [-0.15, -0.1) is 0 Å². The van der Waals surface area contributed by atoms with Crippen molar-refractivity contribution in [2.24, 2.45) is 0 Å². The fraction of sp³-hybridized carbons (Fsp3) is 0.500. The van der Waals surface area contributed by atoms with Gasteiger partial charge in [-0.1, -0.05) is 18.2 Å². The maximum atomic E-state index is 12.9. The van der Waals surface area contributed by atoms with Crippen molar-refractivity contribution in [3.8, 4) is 6.07 Å². The molecule has 1 saturated carbocycles. The number of benzene rings is 1. The van der Waals surface area contributed by atoms with Crippen molar-refractivity contribution in [1.82, 2.24) is 15.5 Å². The van der Waals surface area contributed by atoms with E-state index < -0.39 is 23.3 Å². The van der Waals surface area contributed by atoms with Gasteiger partial charge in [0.25, 0.3) is 0 Å². The second kappa shape index (κ2) is 8.02. The molecule has 162 valence electrons. The lowest BCUT2D eigenvalue weighted by Gasteiger charge is -2.30. The summed E-state index contributed by atoms with van der Waals surface area (Å²) >= 11 is 0. The van der Waals surface area contributed by atoms with Crippen LogP contribution in [0.4, 0.5) is 5.69 Å². The number of carbonyl (C=O) groups excluding carboxylic acids is 4. The lowest BCUT2D eigenvalue weighted by molar-refractivity contribution is -0.146. The van der Waals surface area contributed by atoms with E-state index in [0.29, 0.717) is 18.5 Å². The van der Waals surface area contributed by atoms with E-state index in [-0.39, 0.29) is 36.9 Å². The minimum atomic E-state index is -1.01. The Balaban J connectivity index is 1.43. The number of hydrogen-bond acceptors (Lipinski definition) is 5. The van der Waals surface area contributed by atoms with Crippen LogP contribution < -0.4 is 16.0 Å². The van der Waals surface area contributed by atoms with Crippen LogP contribution in [0.3, 0.4) is 0 Å². The number of para-hydroxylation sites is 1. The molecule has 1 aromatic carbocycles. The lowest BCUT2D eigenvalue weighted by Crippen LogP contribution is -2.50. The van der Waals surface area contributed by atoms with Crippen LogP contribution in [-0.4, -0.2) is 53.2 Å². The number of nitriles is 1. The molecule has 4 rings (SSSR count). The minimum Gasteiger partial charge on any atom is -0.354 e.